The molecule has 5 nitrogen and oxygen atoms in total. The van der Waals surface area contributed by atoms with Crippen LogP contribution in [-0.4, -0.2) is 35.6 Å². The number of aliphatic hydroxyl groups is 1. The van der Waals surface area contributed by atoms with Crippen LogP contribution in [0.1, 0.15) is 48.9 Å². The van der Waals surface area contributed by atoms with Crippen LogP contribution in [0.5, 0.6) is 0 Å². The zero-order chi connectivity index (χ0) is 16.7. The van der Waals surface area contributed by atoms with Crippen molar-refractivity contribution in [2.24, 2.45) is 0 Å². The minimum Gasteiger partial charge on any atom is -0.389 e. The number of carbonyl (C=O) groups excluding carboxylic acids is 2. The van der Waals surface area contributed by atoms with Gasteiger partial charge in [0.25, 0.3) is 5.91 Å². The molecule has 1 aromatic carbocycles. The van der Waals surface area contributed by atoms with Gasteiger partial charge < -0.3 is 15.7 Å². The molecule has 2 amide bonds. The van der Waals surface area contributed by atoms with Gasteiger partial charge in [-0.05, 0) is 25.0 Å². The van der Waals surface area contributed by atoms with Crippen molar-refractivity contribution in [3.05, 3.63) is 34.9 Å². The molecule has 1 saturated carbocycles. The molecule has 1 aliphatic rings. The number of carbonyl (C=O) groups is 2. The van der Waals surface area contributed by atoms with Gasteiger partial charge >= 0.3 is 0 Å². The van der Waals surface area contributed by atoms with Gasteiger partial charge in [0.2, 0.25) is 5.91 Å². The predicted molar refractivity (Wildman–Crippen MR) is 89.4 cm³/mol. The quantitative estimate of drug-likeness (QED) is 0.696. The fraction of sp³-hybridized carbons (Fsp3) is 0.529. The van der Waals surface area contributed by atoms with E-state index < -0.39 is 5.60 Å². The third kappa shape index (κ3) is 5.52. The number of nitrogens with one attached hydrogen (secondary N) is 2. The van der Waals surface area contributed by atoms with E-state index in [0.29, 0.717) is 36.5 Å². The molecule has 6 heteroatoms. The summed E-state index contributed by atoms with van der Waals surface area (Å²) in [6.07, 6.45) is 4.56. The van der Waals surface area contributed by atoms with Crippen LogP contribution in [0.2, 0.25) is 5.02 Å². The minimum atomic E-state index is -0.858. The normalized spacial score (nSPS) is 16.6. The highest BCUT2D eigenvalue weighted by atomic mass is 35.5. The first kappa shape index (κ1) is 17.8. The van der Waals surface area contributed by atoms with E-state index in [0.717, 1.165) is 19.3 Å². The lowest BCUT2D eigenvalue weighted by molar-refractivity contribution is -0.127. The van der Waals surface area contributed by atoms with E-state index >= 15 is 0 Å². The van der Waals surface area contributed by atoms with E-state index in [1.807, 2.05) is 0 Å². The van der Waals surface area contributed by atoms with Gasteiger partial charge in [-0.2, -0.15) is 0 Å². The van der Waals surface area contributed by atoms with Gasteiger partial charge in [-0.15, -0.1) is 0 Å². The Morgan fingerprint density at radius 2 is 1.74 bits per heavy atom. The molecular formula is C17H23ClN2O3. The van der Waals surface area contributed by atoms with E-state index in [-0.39, 0.29) is 18.2 Å². The van der Waals surface area contributed by atoms with Crippen molar-refractivity contribution in [3.63, 3.8) is 0 Å². The fourth-order valence-corrected chi connectivity index (χ4v) is 3.09. The topological polar surface area (TPSA) is 78.4 Å². The number of amides is 2. The summed E-state index contributed by atoms with van der Waals surface area (Å²) in [4.78, 5) is 23.8. The zero-order valence-corrected chi connectivity index (χ0v) is 13.9. The van der Waals surface area contributed by atoms with Crippen molar-refractivity contribution >= 4 is 23.4 Å². The Kier molecular flexibility index (Phi) is 6.42. The third-order valence-corrected chi connectivity index (χ3v) is 4.45. The summed E-state index contributed by atoms with van der Waals surface area (Å²) < 4.78 is 0. The van der Waals surface area contributed by atoms with Crippen LogP contribution in [0.25, 0.3) is 0 Å². The van der Waals surface area contributed by atoms with Crippen LogP contribution in [0.15, 0.2) is 24.3 Å². The molecule has 0 spiro atoms. The molecular weight excluding hydrogens is 316 g/mol. The molecule has 0 aliphatic heterocycles. The molecule has 0 saturated heterocycles. The van der Waals surface area contributed by atoms with E-state index in [4.69, 9.17) is 11.6 Å². The summed E-state index contributed by atoms with van der Waals surface area (Å²) in [5.41, 5.74) is -0.444. The Balaban J connectivity index is 1.68. The number of hydrogen-bond acceptors (Lipinski definition) is 3. The molecule has 1 fully saturated rings. The molecule has 126 valence electrons. The van der Waals surface area contributed by atoms with Crippen molar-refractivity contribution in [1.29, 1.82) is 0 Å². The maximum Gasteiger partial charge on any atom is 0.252 e. The highest BCUT2D eigenvalue weighted by molar-refractivity contribution is 6.33. The number of rotatable bonds is 6. The summed E-state index contributed by atoms with van der Waals surface area (Å²) in [5, 5.41) is 16.2. The molecule has 1 aromatic rings. The second-order valence-electron chi connectivity index (χ2n) is 6.05. The van der Waals surface area contributed by atoms with Crippen LogP contribution < -0.4 is 10.6 Å². The van der Waals surface area contributed by atoms with Gasteiger partial charge in [0.05, 0.1) is 22.6 Å². The highest BCUT2D eigenvalue weighted by Crippen LogP contribution is 2.30. The fourth-order valence-electron chi connectivity index (χ4n) is 2.87. The number of halogens is 1. The average Bonchev–Trinajstić information content (AvgIpc) is 2.52. The van der Waals surface area contributed by atoms with Gasteiger partial charge in [-0.1, -0.05) is 43.0 Å². The first-order valence-corrected chi connectivity index (χ1v) is 8.40. The van der Waals surface area contributed by atoms with E-state index in [9.17, 15) is 14.7 Å². The molecule has 0 radical (unpaired) electrons. The summed E-state index contributed by atoms with van der Waals surface area (Å²) in [6, 6.07) is 6.81. The molecule has 2 rings (SSSR count). The second kappa shape index (κ2) is 8.31. The lowest BCUT2D eigenvalue weighted by Crippen LogP contribution is -2.40. The smallest absolute Gasteiger partial charge is 0.252 e. The largest absolute Gasteiger partial charge is 0.389 e. The van der Waals surface area contributed by atoms with Gasteiger partial charge in [0, 0.05) is 13.1 Å². The van der Waals surface area contributed by atoms with Crippen molar-refractivity contribution < 1.29 is 14.7 Å². The lowest BCUT2D eigenvalue weighted by atomic mass is 9.82. The Morgan fingerprint density at radius 1 is 1.09 bits per heavy atom. The number of benzene rings is 1. The van der Waals surface area contributed by atoms with Crippen LogP contribution in [-0.2, 0) is 4.79 Å². The summed E-state index contributed by atoms with van der Waals surface area (Å²) in [6.45, 7) is 0.638. The molecule has 0 atom stereocenters. The first-order valence-electron chi connectivity index (χ1n) is 8.02. The SMILES string of the molecule is O=C(CC1(O)CCCCC1)NCCNC(=O)c1ccccc1Cl. The Hall–Kier alpha value is -1.59. The molecule has 1 aliphatic carbocycles. The molecule has 0 aromatic heterocycles. The monoisotopic (exact) mass is 338 g/mol. The summed E-state index contributed by atoms with van der Waals surface area (Å²) >= 11 is 5.95. The lowest BCUT2D eigenvalue weighted by Gasteiger charge is -2.31. The zero-order valence-electron chi connectivity index (χ0n) is 13.1. The minimum absolute atomic E-state index is 0.130. The van der Waals surface area contributed by atoms with E-state index in [1.165, 1.54) is 0 Å². The molecule has 0 bridgehead atoms. The first-order chi connectivity index (χ1) is 11.0. The predicted octanol–water partition coefficient (Wildman–Crippen LogP) is 2.27. The third-order valence-electron chi connectivity index (χ3n) is 4.13. The molecule has 0 unspecified atom stereocenters. The highest BCUT2D eigenvalue weighted by Gasteiger charge is 2.31. The molecule has 0 heterocycles. The van der Waals surface area contributed by atoms with Crippen LogP contribution in [0.4, 0.5) is 0 Å². The second-order valence-corrected chi connectivity index (χ2v) is 6.45. The molecule has 23 heavy (non-hydrogen) atoms. The number of hydrogen-bond donors (Lipinski definition) is 3. The van der Waals surface area contributed by atoms with Crippen molar-refractivity contribution in [3.8, 4) is 0 Å². The molecule has 3 N–H and O–H groups in total. The van der Waals surface area contributed by atoms with Crippen molar-refractivity contribution in [1.82, 2.24) is 10.6 Å². The van der Waals surface area contributed by atoms with E-state index in [2.05, 4.69) is 10.6 Å². The van der Waals surface area contributed by atoms with Gasteiger partial charge in [-0.25, -0.2) is 0 Å². The van der Waals surface area contributed by atoms with Gasteiger partial charge in [-0.3, -0.25) is 9.59 Å². The Bertz CT molecular complexity index is 557. The van der Waals surface area contributed by atoms with Crippen LogP contribution in [0, 0.1) is 0 Å². The van der Waals surface area contributed by atoms with E-state index in [1.54, 1.807) is 24.3 Å². The summed E-state index contributed by atoms with van der Waals surface area (Å²) in [5.74, 6) is -0.447. The summed E-state index contributed by atoms with van der Waals surface area (Å²) in [7, 11) is 0. The Morgan fingerprint density at radius 3 is 2.43 bits per heavy atom. The average molecular weight is 339 g/mol. The van der Waals surface area contributed by atoms with Crippen LogP contribution in [0.3, 0.4) is 0 Å². The standard InChI is InChI=1S/C17H23ClN2O3/c18-14-7-3-2-6-13(14)16(22)20-11-10-19-15(21)12-17(23)8-4-1-5-9-17/h2-3,6-7,23H,1,4-5,8-12H2,(H,19,21)(H,20,22). The van der Waals surface area contributed by atoms with Crippen molar-refractivity contribution in [2.45, 2.75) is 44.1 Å². The Labute approximate surface area is 141 Å². The van der Waals surface area contributed by atoms with Gasteiger partial charge in [0.1, 0.15) is 0 Å². The maximum atomic E-state index is 11.9. The van der Waals surface area contributed by atoms with Crippen LogP contribution >= 0.6 is 11.6 Å². The van der Waals surface area contributed by atoms with Gasteiger partial charge in [0.15, 0.2) is 0 Å². The van der Waals surface area contributed by atoms with Crippen molar-refractivity contribution in [2.75, 3.05) is 13.1 Å². The maximum absolute atomic E-state index is 11.9.